The van der Waals surface area contributed by atoms with Gasteiger partial charge in [0.15, 0.2) is 6.23 Å². The highest BCUT2D eigenvalue weighted by molar-refractivity contribution is 5.90. The Morgan fingerprint density at radius 1 is 1.50 bits per heavy atom. The van der Waals surface area contributed by atoms with Crippen molar-refractivity contribution in [3.8, 4) is 0 Å². The van der Waals surface area contributed by atoms with E-state index in [1.807, 2.05) is 0 Å². The molecule has 1 fully saturated rings. The lowest BCUT2D eigenvalue weighted by molar-refractivity contribution is -0.191. The van der Waals surface area contributed by atoms with Crippen LogP contribution >= 0.6 is 0 Å². The number of hydrogen-bond acceptors (Lipinski definition) is 5. The van der Waals surface area contributed by atoms with E-state index >= 15 is 0 Å². The van der Waals surface area contributed by atoms with Gasteiger partial charge in [0.2, 0.25) is 0 Å². The van der Waals surface area contributed by atoms with E-state index in [-0.39, 0.29) is 24.9 Å². The number of amides is 1. The first-order chi connectivity index (χ1) is 9.61. The van der Waals surface area contributed by atoms with Crippen molar-refractivity contribution in [2.24, 2.45) is 5.11 Å². The molecule has 1 saturated heterocycles. The number of hydrogen-bond donors (Lipinski definition) is 1. The summed E-state index contributed by atoms with van der Waals surface area (Å²) in [6.45, 7) is 0.190. The van der Waals surface area contributed by atoms with Crippen LogP contribution in [0.3, 0.4) is 0 Å². The molecule has 1 aliphatic rings. The zero-order valence-electron chi connectivity index (χ0n) is 10.5. The van der Waals surface area contributed by atoms with Gasteiger partial charge < -0.3 is 9.94 Å². The maximum absolute atomic E-state index is 11.8. The number of benzene rings is 1. The van der Waals surface area contributed by atoms with Crippen molar-refractivity contribution >= 4 is 11.9 Å². The van der Waals surface area contributed by atoms with Crippen LogP contribution in [-0.2, 0) is 16.2 Å². The van der Waals surface area contributed by atoms with Gasteiger partial charge in [-0.05, 0) is 23.2 Å². The molecule has 1 aromatic carbocycles. The quantitative estimate of drug-likeness (QED) is 0.509. The molecule has 0 spiro atoms. The average Bonchev–Trinajstić information content (AvgIpc) is 2.77. The smallest absolute Gasteiger partial charge is 0.363 e. The Morgan fingerprint density at radius 3 is 2.75 bits per heavy atom. The van der Waals surface area contributed by atoms with Crippen LogP contribution < -0.4 is 0 Å². The van der Waals surface area contributed by atoms with E-state index in [4.69, 9.17) is 10.4 Å². The summed E-state index contributed by atoms with van der Waals surface area (Å²) in [5, 5.41) is 13.6. The van der Waals surface area contributed by atoms with Crippen molar-refractivity contribution in [2.75, 3.05) is 0 Å². The van der Waals surface area contributed by atoms with Gasteiger partial charge in [0.05, 0.1) is 12.1 Å². The molecule has 1 N–H and O–H groups in total. The Hall–Kier alpha value is -2.57. The minimum atomic E-state index is -1.09. The van der Waals surface area contributed by atoms with Crippen LogP contribution in [0.2, 0.25) is 0 Å². The molecule has 1 heterocycles. The highest BCUT2D eigenvalue weighted by Gasteiger charge is 2.33. The number of carbonyl (C=O) groups excluding carboxylic acids is 2. The number of nitrogens with zero attached hydrogens (tertiary/aromatic N) is 4. The van der Waals surface area contributed by atoms with Gasteiger partial charge in [0.25, 0.3) is 5.91 Å². The first kappa shape index (κ1) is 13.9. The molecule has 0 aromatic heterocycles. The molecule has 2 rings (SSSR count). The predicted octanol–water partition coefficient (Wildman–Crippen LogP) is 1.51. The van der Waals surface area contributed by atoms with Crippen molar-refractivity contribution < 1.29 is 19.5 Å². The Labute approximate surface area is 114 Å². The van der Waals surface area contributed by atoms with Crippen molar-refractivity contribution in [1.29, 1.82) is 0 Å². The fourth-order valence-electron chi connectivity index (χ4n) is 1.76. The number of hydroxylamine groups is 2. The van der Waals surface area contributed by atoms with Crippen molar-refractivity contribution in [3.63, 3.8) is 0 Å². The van der Waals surface area contributed by atoms with Crippen LogP contribution in [0.5, 0.6) is 0 Å². The normalized spacial score (nSPS) is 17.8. The molecule has 1 aromatic rings. The molecular formula is C12H12N4O4. The molecule has 0 saturated carbocycles. The topological polar surface area (TPSA) is 116 Å². The maximum atomic E-state index is 11.8. The first-order valence-corrected chi connectivity index (χ1v) is 5.94. The van der Waals surface area contributed by atoms with Crippen molar-refractivity contribution in [3.05, 3.63) is 45.8 Å². The molecule has 1 aliphatic heterocycles. The molecule has 8 heteroatoms. The van der Waals surface area contributed by atoms with E-state index in [9.17, 15) is 14.7 Å². The Morgan fingerprint density at radius 2 is 2.20 bits per heavy atom. The van der Waals surface area contributed by atoms with Crippen LogP contribution in [0, 0.1) is 0 Å². The molecule has 20 heavy (non-hydrogen) atoms. The highest BCUT2D eigenvalue weighted by Crippen LogP contribution is 2.18. The summed E-state index contributed by atoms with van der Waals surface area (Å²) in [6.07, 6.45) is -0.688. The molecule has 0 aliphatic carbocycles. The first-order valence-electron chi connectivity index (χ1n) is 5.94. The lowest BCUT2D eigenvalue weighted by Gasteiger charge is -2.18. The Kier molecular flexibility index (Phi) is 4.19. The second kappa shape index (κ2) is 6.05. The number of rotatable bonds is 4. The number of aliphatic hydroxyl groups is 1. The van der Waals surface area contributed by atoms with Gasteiger partial charge in [-0.3, -0.25) is 4.79 Å². The maximum Gasteiger partial charge on any atom is 0.363 e. The Bertz CT molecular complexity index is 565. The highest BCUT2D eigenvalue weighted by atomic mass is 16.7. The van der Waals surface area contributed by atoms with E-state index in [0.717, 1.165) is 5.56 Å². The second-order valence-corrected chi connectivity index (χ2v) is 4.20. The summed E-state index contributed by atoms with van der Waals surface area (Å²) in [5.41, 5.74) is 9.19. The van der Waals surface area contributed by atoms with Crippen LogP contribution in [0.4, 0.5) is 0 Å². The number of aliphatic hydroxyl groups excluding tert-OH is 1. The number of carbonyl (C=O) groups is 2. The van der Waals surface area contributed by atoms with Gasteiger partial charge in [-0.25, -0.2) is 4.79 Å². The van der Waals surface area contributed by atoms with Gasteiger partial charge >= 0.3 is 5.97 Å². The fraction of sp³-hybridized carbons (Fsp3) is 0.333. The zero-order valence-corrected chi connectivity index (χ0v) is 10.5. The third-order valence-corrected chi connectivity index (χ3v) is 2.82. The SMILES string of the molecule is [N-]=[N+]=NCc1ccc(C(=O)ON2C(=O)CCC2O)cc1. The standard InChI is InChI=1S/C12H12N4O4/c13-15-14-7-8-1-3-9(4-2-8)12(19)20-16-10(17)5-6-11(16)18/h1-4,10,17H,5-7H2. The molecule has 8 nitrogen and oxygen atoms in total. The van der Waals surface area contributed by atoms with E-state index in [1.54, 1.807) is 12.1 Å². The fourth-order valence-corrected chi connectivity index (χ4v) is 1.76. The predicted molar refractivity (Wildman–Crippen MR) is 66.8 cm³/mol. The van der Waals surface area contributed by atoms with Gasteiger partial charge in [-0.15, -0.1) is 5.06 Å². The molecule has 0 bridgehead atoms. The van der Waals surface area contributed by atoms with Crippen molar-refractivity contribution in [1.82, 2.24) is 5.06 Å². The third kappa shape index (κ3) is 3.05. The Balaban J connectivity index is 2.02. The molecule has 1 amide bonds. The van der Waals surface area contributed by atoms with Crippen LogP contribution in [0.25, 0.3) is 10.4 Å². The van der Waals surface area contributed by atoms with Crippen LogP contribution in [-0.4, -0.2) is 28.3 Å². The summed E-state index contributed by atoms with van der Waals surface area (Å²) in [7, 11) is 0. The van der Waals surface area contributed by atoms with Crippen LogP contribution in [0.15, 0.2) is 29.4 Å². The van der Waals surface area contributed by atoms with E-state index in [2.05, 4.69) is 10.0 Å². The molecule has 1 atom stereocenters. The van der Waals surface area contributed by atoms with Crippen LogP contribution in [0.1, 0.15) is 28.8 Å². The summed E-state index contributed by atoms with van der Waals surface area (Å²) in [5.74, 6) is -1.15. The van der Waals surface area contributed by atoms with E-state index < -0.39 is 18.1 Å². The minimum Gasteiger partial charge on any atom is -0.370 e. The van der Waals surface area contributed by atoms with Gasteiger partial charge in [0, 0.05) is 17.8 Å². The third-order valence-electron chi connectivity index (χ3n) is 2.82. The van der Waals surface area contributed by atoms with Gasteiger partial charge in [-0.1, -0.05) is 17.2 Å². The number of azide groups is 1. The lowest BCUT2D eigenvalue weighted by atomic mass is 10.1. The van der Waals surface area contributed by atoms with Crippen molar-refractivity contribution in [2.45, 2.75) is 25.6 Å². The summed E-state index contributed by atoms with van der Waals surface area (Å²) < 4.78 is 0. The van der Waals surface area contributed by atoms with E-state index in [0.29, 0.717) is 5.06 Å². The zero-order chi connectivity index (χ0) is 14.5. The average molecular weight is 276 g/mol. The van der Waals surface area contributed by atoms with E-state index in [1.165, 1.54) is 12.1 Å². The van der Waals surface area contributed by atoms with Gasteiger partial charge in [-0.2, -0.15) is 0 Å². The molecule has 1 unspecified atom stereocenters. The monoisotopic (exact) mass is 276 g/mol. The molecule has 104 valence electrons. The minimum absolute atomic E-state index is 0.152. The molecule has 0 radical (unpaired) electrons. The molecular weight excluding hydrogens is 264 g/mol. The summed E-state index contributed by atoms with van der Waals surface area (Å²) >= 11 is 0. The van der Waals surface area contributed by atoms with Gasteiger partial charge in [0.1, 0.15) is 0 Å². The largest absolute Gasteiger partial charge is 0.370 e. The summed E-state index contributed by atoms with van der Waals surface area (Å²) in [6, 6.07) is 6.23. The second-order valence-electron chi connectivity index (χ2n) is 4.20. The lowest BCUT2D eigenvalue weighted by Crippen LogP contribution is -2.35. The summed E-state index contributed by atoms with van der Waals surface area (Å²) in [4.78, 5) is 30.7.